The fourth-order valence-corrected chi connectivity index (χ4v) is 2.42. The molecule has 1 aromatic carbocycles. The topological polar surface area (TPSA) is 44.4 Å². The predicted octanol–water partition coefficient (Wildman–Crippen LogP) is 1.58. The standard InChI is InChI=1S/C14H21N3O/c1-15-14(18)16-13-8-5-9-17(11-13)10-12-6-3-2-4-7-12/h2-4,6-7,13H,5,8-11H2,1H3,(H2,15,16,18). The van der Waals surface area contributed by atoms with Gasteiger partial charge in [0, 0.05) is 26.2 Å². The average Bonchev–Trinajstić information content (AvgIpc) is 2.40. The summed E-state index contributed by atoms with van der Waals surface area (Å²) in [4.78, 5) is 13.7. The van der Waals surface area contributed by atoms with E-state index in [0.717, 1.165) is 32.5 Å². The van der Waals surface area contributed by atoms with Crippen LogP contribution in [0.4, 0.5) is 4.79 Å². The zero-order valence-corrected chi connectivity index (χ0v) is 10.9. The third-order valence-corrected chi connectivity index (χ3v) is 3.32. The Morgan fingerprint density at radius 2 is 2.17 bits per heavy atom. The minimum atomic E-state index is -0.0819. The molecule has 0 saturated carbocycles. The average molecular weight is 247 g/mol. The molecule has 1 saturated heterocycles. The Labute approximate surface area is 108 Å². The Balaban J connectivity index is 1.85. The van der Waals surface area contributed by atoms with Crippen LogP contribution in [0.25, 0.3) is 0 Å². The van der Waals surface area contributed by atoms with Crippen molar-refractivity contribution in [3.05, 3.63) is 35.9 Å². The largest absolute Gasteiger partial charge is 0.341 e. The fraction of sp³-hybridized carbons (Fsp3) is 0.500. The van der Waals surface area contributed by atoms with Crippen LogP contribution in [0.5, 0.6) is 0 Å². The van der Waals surface area contributed by atoms with Crippen LogP contribution in [-0.4, -0.2) is 37.1 Å². The molecule has 1 atom stereocenters. The van der Waals surface area contributed by atoms with Gasteiger partial charge in [-0.15, -0.1) is 0 Å². The van der Waals surface area contributed by atoms with Crippen molar-refractivity contribution in [3.63, 3.8) is 0 Å². The van der Waals surface area contributed by atoms with Crippen LogP contribution in [-0.2, 0) is 6.54 Å². The van der Waals surface area contributed by atoms with Crippen molar-refractivity contribution in [1.82, 2.24) is 15.5 Å². The summed E-state index contributed by atoms with van der Waals surface area (Å²) < 4.78 is 0. The van der Waals surface area contributed by atoms with E-state index in [2.05, 4.69) is 39.8 Å². The van der Waals surface area contributed by atoms with Crippen LogP contribution in [0.1, 0.15) is 18.4 Å². The van der Waals surface area contributed by atoms with Crippen molar-refractivity contribution in [2.75, 3.05) is 20.1 Å². The van der Waals surface area contributed by atoms with E-state index in [9.17, 15) is 4.79 Å². The van der Waals surface area contributed by atoms with Gasteiger partial charge in [-0.2, -0.15) is 0 Å². The lowest BCUT2D eigenvalue weighted by molar-refractivity contribution is 0.181. The summed E-state index contributed by atoms with van der Waals surface area (Å²) in [5, 5.41) is 5.60. The molecule has 98 valence electrons. The maximum absolute atomic E-state index is 11.3. The molecule has 0 aromatic heterocycles. The first kappa shape index (κ1) is 12.9. The number of urea groups is 1. The predicted molar refractivity (Wildman–Crippen MR) is 72.3 cm³/mol. The highest BCUT2D eigenvalue weighted by Gasteiger charge is 2.20. The molecular weight excluding hydrogens is 226 g/mol. The molecule has 0 bridgehead atoms. The van der Waals surface area contributed by atoms with Crippen molar-refractivity contribution in [1.29, 1.82) is 0 Å². The van der Waals surface area contributed by atoms with Crippen molar-refractivity contribution in [3.8, 4) is 0 Å². The molecule has 0 aliphatic carbocycles. The molecule has 4 nitrogen and oxygen atoms in total. The van der Waals surface area contributed by atoms with Crippen LogP contribution in [0.2, 0.25) is 0 Å². The van der Waals surface area contributed by atoms with Crippen molar-refractivity contribution < 1.29 is 4.79 Å². The molecule has 0 radical (unpaired) electrons. The van der Waals surface area contributed by atoms with Gasteiger partial charge in [-0.25, -0.2) is 4.79 Å². The molecule has 1 aliphatic heterocycles. The first-order valence-electron chi connectivity index (χ1n) is 6.52. The second-order valence-corrected chi connectivity index (χ2v) is 4.78. The number of nitrogens with zero attached hydrogens (tertiary/aromatic N) is 1. The number of rotatable bonds is 3. The SMILES string of the molecule is CNC(=O)NC1CCCN(Cc2ccccc2)C1. The zero-order valence-electron chi connectivity index (χ0n) is 10.9. The molecule has 1 unspecified atom stereocenters. The minimum absolute atomic E-state index is 0.0819. The second-order valence-electron chi connectivity index (χ2n) is 4.78. The lowest BCUT2D eigenvalue weighted by Gasteiger charge is -2.33. The van der Waals surface area contributed by atoms with Crippen LogP contribution < -0.4 is 10.6 Å². The number of hydrogen-bond donors (Lipinski definition) is 2. The van der Waals surface area contributed by atoms with Crippen molar-refractivity contribution >= 4 is 6.03 Å². The smallest absolute Gasteiger partial charge is 0.314 e. The lowest BCUT2D eigenvalue weighted by Crippen LogP contribution is -2.49. The van der Waals surface area contributed by atoms with E-state index in [0.29, 0.717) is 0 Å². The van der Waals surface area contributed by atoms with Gasteiger partial charge in [0.25, 0.3) is 0 Å². The Hall–Kier alpha value is -1.55. The minimum Gasteiger partial charge on any atom is -0.341 e. The highest BCUT2D eigenvalue weighted by Crippen LogP contribution is 2.13. The molecule has 1 aliphatic rings. The molecule has 1 aromatic rings. The van der Waals surface area contributed by atoms with Crippen molar-refractivity contribution in [2.24, 2.45) is 0 Å². The second kappa shape index (κ2) is 6.40. The monoisotopic (exact) mass is 247 g/mol. The first-order chi connectivity index (χ1) is 8.78. The maximum atomic E-state index is 11.3. The van der Waals surface area contributed by atoms with E-state index in [1.165, 1.54) is 5.56 Å². The highest BCUT2D eigenvalue weighted by atomic mass is 16.2. The quantitative estimate of drug-likeness (QED) is 0.851. The molecule has 18 heavy (non-hydrogen) atoms. The van der Waals surface area contributed by atoms with E-state index >= 15 is 0 Å². The zero-order chi connectivity index (χ0) is 12.8. The van der Waals surface area contributed by atoms with E-state index in [-0.39, 0.29) is 12.1 Å². The number of piperidine rings is 1. The summed E-state index contributed by atoms with van der Waals surface area (Å²) in [6.07, 6.45) is 2.21. The van der Waals surface area contributed by atoms with E-state index < -0.39 is 0 Å². The first-order valence-corrected chi connectivity index (χ1v) is 6.52. The Bertz CT molecular complexity index is 380. The molecule has 2 amide bonds. The van der Waals surface area contributed by atoms with Gasteiger partial charge in [0.2, 0.25) is 0 Å². The summed E-state index contributed by atoms with van der Waals surface area (Å²) in [5.74, 6) is 0. The van der Waals surface area contributed by atoms with Gasteiger partial charge >= 0.3 is 6.03 Å². The third-order valence-electron chi connectivity index (χ3n) is 3.32. The van der Waals surface area contributed by atoms with Crippen LogP contribution in [0.3, 0.4) is 0 Å². The van der Waals surface area contributed by atoms with Gasteiger partial charge in [0.05, 0.1) is 0 Å². The lowest BCUT2D eigenvalue weighted by atomic mass is 10.0. The van der Waals surface area contributed by atoms with Gasteiger partial charge in [-0.1, -0.05) is 30.3 Å². The van der Waals surface area contributed by atoms with Gasteiger partial charge in [-0.05, 0) is 24.9 Å². The summed E-state index contributed by atoms with van der Waals surface area (Å²) in [5.41, 5.74) is 1.33. The number of nitrogens with one attached hydrogen (secondary N) is 2. The van der Waals surface area contributed by atoms with Gasteiger partial charge in [0.1, 0.15) is 0 Å². The number of benzene rings is 1. The van der Waals surface area contributed by atoms with Gasteiger partial charge < -0.3 is 10.6 Å². The Kier molecular flexibility index (Phi) is 4.59. The fourth-order valence-electron chi connectivity index (χ4n) is 2.42. The number of carbonyl (C=O) groups excluding carboxylic acids is 1. The molecule has 1 fully saturated rings. The number of likely N-dealkylation sites (tertiary alicyclic amines) is 1. The van der Waals surface area contributed by atoms with Crippen molar-refractivity contribution in [2.45, 2.75) is 25.4 Å². The maximum Gasteiger partial charge on any atom is 0.314 e. The van der Waals surface area contributed by atoms with E-state index in [1.807, 2.05) is 6.07 Å². The molecule has 4 heteroatoms. The molecule has 2 N–H and O–H groups in total. The molecule has 2 rings (SSSR count). The summed E-state index contributed by atoms with van der Waals surface area (Å²) >= 11 is 0. The van der Waals surface area contributed by atoms with Gasteiger partial charge in [0.15, 0.2) is 0 Å². The number of carbonyl (C=O) groups is 1. The Morgan fingerprint density at radius 3 is 2.89 bits per heavy atom. The van der Waals surface area contributed by atoms with E-state index in [4.69, 9.17) is 0 Å². The van der Waals surface area contributed by atoms with Crippen LogP contribution in [0, 0.1) is 0 Å². The Morgan fingerprint density at radius 1 is 1.39 bits per heavy atom. The van der Waals surface area contributed by atoms with Crippen LogP contribution in [0.15, 0.2) is 30.3 Å². The molecule has 1 heterocycles. The summed E-state index contributed by atoms with van der Waals surface area (Å²) in [7, 11) is 1.65. The normalized spacial score (nSPS) is 20.4. The number of hydrogen-bond acceptors (Lipinski definition) is 2. The van der Waals surface area contributed by atoms with Crippen LogP contribution >= 0.6 is 0 Å². The highest BCUT2D eigenvalue weighted by molar-refractivity contribution is 5.73. The summed E-state index contributed by atoms with van der Waals surface area (Å²) in [6, 6.07) is 10.7. The summed E-state index contributed by atoms with van der Waals surface area (Å²) in [6.45, 7) is 3.01. The van der Waals surface area contributed by atoms with E-state index in [1.54, 1.807) is 7.05 Å². The molecule has 0 spiro atoms. The third kappa shape index (κ3) is 3.74. The van der Waals surface area contributed by atoms with Gasteiger partial charge in [-0.3, -0.25) is 4.90 Å². The molecular formula is C14H21N3O. The number of amides is 2.